The molecule has 0 radical (unpaired) electrons. The van der Waals surface area contributed by atoms with Crippen molar-refractivity contribution in [2.75, 3.05) is 13.2 Å². The van der Waals surface area contributed by atoms with Crippen LogP contribution in [0.3, 0.4) is 0 Å². The van der Waals surface area contributed by atoms with Gasteiger partial charge in [0.2, 0.25) is 0 Å². The molecule has 0 aliphatic rings. The van der Waals surface area contributed by atoms with E-state index in [1.165, 1.54) is 5.56 Å². The molecular weight excluding hydrogens is 332 g/mol. The fourth-order valence-corrected chi connectivity index (χ4v) is 2.71. The second-order valence-corrected chi connectivity index (χ2v) is 6.01. The van der Waals surface area contributed by atoms with Gasteiger partial charge in [-0.25, -0.2) is 0 Å². The minimum Gasteiger partial charge on any atom is -0.490 e. The summed E-state index contributed by atoms with van der Waals surface area (Å²) in [6.07, 6.45) is 0. The lowest BCUT2D eigenvalue weighted by Crippen LogP contribution is -2.36. The predicted octanol–water partition coefficient (Wildman–Crippen LogP) is 4.21. The molecule has 0 aliphatic carbocycles. The molecule has 0 fully saturated rings. The molecule has 0 saturated heterocycles. The summed E-state index contributed by atoms with van der Waals surface area (Å²) in [5, 5.41) is 7.17. The normalized spacial score (nSPS) is 11.5. The molecule has 25 heavy (non-hydrogen) atoms. The Morgan fingerprint density at radius 2 is 1.68 bits per heavy atom. The molecule has 2 rings (SSSR count). The first-order valence-electron chi connectivity index (χ1n) is 8.61. The van der Waals surface area contributed by atoms with Gasteiger partial charge >= 0.3 is 0 Å². The van der Waals surface area contributed by atoms with Crippen LogP contribution < -0.4 is 20.1 Å². The van der Waals surface area contributed by atoms with E-state index in [4.69, 9.17) is 21.7 Å². The quantitative estimate of drug-likeness (QED) is 0.692. The number of benzene rings is 2. The molecule has 2 aromatic rings. The Morgan fingerprint density at radius 3 is 2.36 bits per heavy atom. The minimum atomic E-state index is 0.153. The van der Waals surface area contributed by atoms with Crippen LogP contribution in [0.5, 0.6) is 11.5 Å². The highest BCUT2D eigenvalue weighted by molar-refractivity contribution is 7.80. The molecule has 0 saturated carbocycles. The summed E-state index contributed by atoms with van der Waals surface area (Å²) in [5.41, 5.74) is 2.29. The molecule has 0 aliphatic heterocycles. The van der Waals surface area contributed by atoms with Gasteiger partial charge in [-0.3, -0.25) is 0 Å². The van der Waals surface area contributed by atoms with Gasteiger partial charge in [0.1, 0.15) is 0 Å². The van der Waals surface area contributed by atoms with Crippen molar-refractivity contribution in [2.45, 2.75) is 33.4 Å². The van der Waals surface area contributed by atoms with Crippen LogP contribution in [0.4, 0.5) is 0 Å². The van der Waals surface area contributed by atoms with Crippen molar-refractivity contribution in [1.82, 2.24) is 10.6 Å². The average Bonchev–Trinajstić information content (AvgIpc) is 2.63. The van der Waals surface area contributed by atoms with Crippen molar-refractivity contribution < 1.29 is 9.47 Å². The third kappa shape index (κ3) is 5.94. The van der Waals surface area contributed by atoms with Crippen molar-refractivity contribution >= 4 is 17.3 Å². The molecule has 0 spiro atoms. The van der Waals surface area contributed by atoms with Crippen LogP contribution in [-0.2, 0) is 6.54 Å². The van der Waals surface area contributed by atoms with E-state index in [2.05, 4.69) is 29.7 Å². The van der Waals surface area contributed by atoms with Crippen molar-refractivity contribution in [3.63, 3.8) is 0 Å². The van der Waals surface area contributed by atoms with E-state index in [0.29, 0.717) is 24.9 Å². The van der Waals surface area contributed by atoms with E-state index in [-0.39, 0.29) is 6.04 Å². The number of thiocarbonyl (C=S) groups is 1. The average molecular weight is 359 g/mol. The summed E-state index contributed by atoms with van der Waals surface area (Å²) >= 11 is 5.40. The summed E-state index contributed by atoms with van der Waals surface area (Å²) in [6, 6.07) is 16.3. The van der Waals surface area contributed by atoms with Crippen LogP contribution >= 0.6 is 12.2 Å². The molecule has 2 N–H and O–H groups in total. The molecule has 0 heterocycles. The molecule has 4 nitrogen and oxygen atoms in total. The van der Waals surface area contributed by atoms with E-state index < -0.39 is 0 Å². The fraction of sp³-hybridized carbons (Fsp3) is 0.350. The van der Waals surface area contributed by atoms with Crippen molar-refractivity contribution in [3.8, 4) is 11.5 Å². The second kappa shape index (κ2) is 9.89. The molecule has 0 amide bonds. The second-order valence-electron chi connectivity index (χ2n) is 5.61. The lowest BCUT2D eigenvalue weighted by molar-refractivity contribution is 0.287. The standard InChI is InChI=1S/C20H26N2O2S/c1-4-23-18-12-11-16(13-19(18)24-5-2)14-21-20(25)22-15(3)17-9-7-6-8-10-17/h6-13,15H,4-5,14H2,1-3H3,(H2,21,22,25). The number of ether oxygens (including phenoxy) is 2. The smallest absolute Gasteiger partial charge is 0.167 e. The molecule has 5 heteroatoms. The highest BCUT2D eigenvalue weighted by atomic mass is 32.1. The Hall–Kier alpha value is -2.27. The van der Waals surface area contributed by atoms with E-state index in [1.807, 2.05) is 50.2 Å². The third-order valence-corrected chi connectivity index (χ3v) is 3.97. The van der Waals surface area contributed by atoms with E-state index in [1.54, 1.807) is 0 Å². The first-order valence-corrected chi connectivity index (χ1v) is 9.02. The van der Waals surface area contributed by atoms with Crippen LogP contribution in [-0.4, -0.2) is 18.3 Å². The van der Waals surface area contributed by atoms with Gasteiger partial charge in [0.05, 0.1) is 19.3 Å². The Kier molecular flexibility index (Phi) is 7.54. The van der Waals surface area contributed by atoms with Gasteiger partial charge in [0.15, 0.2) is 16.6 Å². The predicted molar refractivity (Wildman–Crippen MR) is 106 cm³/mol. The van der Waals surface area contributed by atoms with E-state index in [0.717, 1.165) is 17.1 Å². The maximum absolute atomic E-state index is 5.66. The molecule has 0 aromatic heterocycles. The summed E-state index contributed by atoms with van der Waals surface area (Å²) < 4.78 is 11.2. The number of hydrogen-bond acceptors (Lipinski definition) is 3. The molecule has 1 atom stereocenters. The SMILES string of the molecule is CCOc1ccc(CNC(=S)NC(C)c2ccccc2)cc1OCC. The van der Waals surface area contributed by atoms with Crippen molar-refractivity contribution in [1.29, 1.82) is 0 Å². The Balaban J connectivity index is 1.91. The van der Waals surface area contributed by atoms with Crippen molar-refractivity contribution in [2.24, 2.45) is 0 Å². The summed E-state index contributed by atoms with van der Waals surface area (Å²) in [7, 11) is 0. The zero-order valence-corrected chi connectivity index (χ0v) is 15.9. The van der Waals surface area contributed by atoms with Gasteiger partial charge in [-0.1, -0.05) is 36.4 Å². The maximum Gasteiger partial charge on any atom is 0.167 e. The lowest BCUT2D eigenvalue weighted by atomic mass is 10.1. The molecule has 134 valence electrons. The zero-order valence-electron chi connectivity index (χ0n) is 15.0. The van der Waals surface area contributed by atoms with Gasteiger partial charge < -0.3 is 20.1 Å². The fourth-order valence-electron chi connectivity index (χ4n) is 2.46. The molecule has 1 unspecified atom stereocenters. The topological polar surface area (TPSA) is 42.5 Å². The lowest BCUT2D eigenvalue weighted by Gasteiger charge is -2.18. The first-order chi connectivity index (χ1) is 12.1. The van der Waals surface area contributed by atoms with Gasteiger partial charge in [-0.2, -0.15) is 0 Å². The summed E-state index contributed by atoms with van der Waals surface area (Å²) in [6.45, 7) is 7.86. The van der Waals surface area contributed by atoms with Gasteiger partial charge in [-0.15, -0.1) is 0 Å². The Morgan fingerprint density at radius 1 is 1.00 bits per heavy atom. The van der Waals surface area contributed by atoms with Crippen LogP contribution in [0.1, 0.15) is 37.9 Å². The van der Waals surface area contributed by atoms with Crippen molar-refractivity contribution in [3.05, 3.63) is 59.7 Å². The highest BCUT2D eigenvalue weighted by Gasteiger charge is 2.08. The van der Waals surface area contributed by atoms with E-state index >= 15 is 0 Å². The number of rotatable bonds is 8. The maximum atomic E-state index is 5.66. The van der Waals surface area contributed by atoms with Crippen LogP contribution in [0.25, 0.3) is 0 Å². The number of hydrogen-bond donors (Lipinski definition) is 2. The molecule has 2 aromatic carbocycles. The Bertz CT molecular complexity index is 677. The first kappa shape index (κ1) is 19.1. The van der Waals surface area contributed by atoms with E-state index in [9.17, 15) is 0 Å². The highest BCUT2D eigenvalue weighted by Crippen LogP contribution is 2.28. The van der Waals surface area contributed by atoms with Crippen LogP contribution in [0, 0.1) is 0 Å². The molecule has 0 bridgehead atoms. The van der Waals surface area contributed by atoms with Crippen LogP contribution in [0.2, 0.25) is 0 Å². The third-order valence-electron chi connectivity index (χ3n) is 3.71. The molecular formula is C20H26N2O2S. The van der Waals surface area contributed by atoms with Gasteiger partial charge in [0.25, 0.3) is 0 Å². The Labute approximate surface area is 155 Å². The number of nitrogens with one attached hydrogen (secondary N) is 2. The van der Waals surface area contributed by atoms with Gasteiger partial charge in [0, 0.05) is 6.54 Å². The summed E-state index contributed by atoms with van der Waals surface area (Å²) in [5.74, 6) is 1.53. The zero-order chi connectivity index (χ0) is 18.1. The van der Waals surface area contributed by atoms with Gasteiger partial charge in [-0.05, 0) is 56.2 Å². The minimum absolute atomic E-state index is 0.153. The van der Waals surface area contributed by atoms with Crippen LogP contribution in [0.15, 0.2) is 48.5 Å². The largest absolute Gasteiger partial charge is 0.490 e. The monoisotopic (exact) mass is 358 g/mol. The summed E-state index contributed by atoms with van der Waals surface area (Å²) in [4.78, 5) is 0.